The van der Waals surface area contributed by atoms with Crippen LogP contribution in [0.25, 0.3) is 0 Å². The number of hydrogen-bond donors (Lipinski definition) is 1. The van der Waals surface area contributed by atoms with E-state index in [1.165, 1.54) is 4.31 Å². The number of halogens is 1. The number of nitrogens with zero attached hydrogens (tertiary/aromatic N) is 2. The van der Waals surface area contributed by atoms with Crippen LogP contribution in [-0.2, 0) is 10.0 Å². The normalized spacial score (nSPS) is 19.4. The fraction of sp³-hybridized carbons (Fsp3) is 0.500. The SMILES string of the molecule is NC1CCN(S(=O)(=O)c2cncc(F)c2)CC1. The van der Waals surface area contributed by atoms with Crippen molar-refractivity contribution < 1.29 is 12.8 Å². The molecular formula is C10H14FN3O2S. The summed E-state index contributed by atoms with van der Waals surface area (Å²) in [7, 11) is -3.63. The average Bonchev–Trinajstić information content (AvgIpc) is 2.29. The van der Waals surface area contributed by atoms with Gasteiger partial charge in [-0.2, -0.15) is 4.31 Å². The first-order valence-electron chi connectivity index (χ1n) is 5.36. The van der Waals surface area contributed by atoms with Crippen molar-refractivity contribution in [2.45, 2.75) is 23.8 Å². The fourth-order valence-electron chi connectivity index (χ4n) is 1.80. The van der Waals surface area contributed by atoms with E-state index in [-0.39, 0.29) is 10.9 Å². The first-order chi connectivity index (χ1) is 8.00. The van der Waals surface area contributed by atoms with Crippen molar-refractivity contribution in [3.8, 4) is 0 Å². The summed E-state index contributed by atoms with van der Waals surface area (Å²) >= 11 is 0. The molecule has 0 radical (unpaired) electrons. The van der Waals surface area contributed by atoms with Crippen molar-refractivity contribution in [1.82, 2.24) is 9.29 Å². The summed E-state index contributed by atoms with van der Waals surface area (Å²) in [6.07, 6.45) is 3.39. The van der Waals surface area contributed by atoms with Gasteiger partial charge in [0.1, 0.15) is 10.7 Å². The average molecular weight is 259 g/mol. The minimum absolute atomic E-state index is 0.0482. The molecule has 2 N–H and O–H groups in total. The van der Waals surface area contributed by atoms with E-state index < -0.39 is 15.8 Å². The first-order valence-corrected chi connectivity index (χ1v) is 6.80. The van der Waals surface area contributed by atoms with Gasteiger partial charge < -0.3 is 5.73 Å². The Balaban J connectivity index is 2.25. The van der Waals surface area contributed by atoms with Gasteiger partial charge in [-0.3, -0.25) is 4.98 Å². The van der Waals surface area contributed by atoms with Crippen LogP contribution in [0.5, 0.6) is 0 Å². The Hall–Kier alpha value is -1.05. The van der Waals surface area contributed by atoms with E-state index in [4.69, 9.17) is 5.73 Å². The Labute approximate surface area is 99.5 Å². The smallest absolute Gasteiger partial charge is 0.244 e. The van der Waals surface area contributed by atoms with Crippen LogP contribution in [0.3, 0.4) is 0 Å². The highest BCUT2D eigenvalue weighted by Crippen LogP contribution is 2.19. The maximum absolute atomic E-state index is 13.0. The zero-order valence-corrected chi connectivity index (χ0v) is 10.0. The summed E-state index contributed by atoms with van der Waals surface area (Å²) in [5, 5.41) is 0. The van der Waals surface area contributed by atoms with Gasteiger partial charge in [0, 0.05) is 25.3 Å². The molecule has 17 heavy (non-hydrogen) atoms. The Bertz CT molecular complexity index is 498. The summed E-state index contributed by atoms with van der Waals surface area (Å²) in [6, 6.07) is 1.03. The van der Waals surface area contributed by atoms with E-state index in [1.807, 2.05) is 0 Å². The lowest BCUT2D eigenvalue weighted by Gasteiger charge is -2.29. The van der Waals surface area contributed by atoms with E-state index in [0.29, 0.717) is 25.9 Å². The quantitative estimate of drug-likeness (QED) is 0.830. The van der Waals surface area contributed by atoms with Crippen LogP contribution in [0.15, 0.2) is 23.4 Å². The van der Waals surface area contributed by atoms with E-state index >= 15 is 0 Å². The molecule has 2 heterocycles. The van der Waals surface area contributed by atoms with Gasteiger partial charge in [-0.1, -0.05) is 0 Å². The van der Waals surface area contributed by atoms with Gasteiger partial charge in [0.05, 0.1) is 6.20 Å². The summed E-state index contributed by atoms with van der Waals surface area (Å²) in [6.45, 7) is 0.750. The molecule has 1 aromatic heterocycles. The molecule has 5 nitrogen and oxygen atoms in total. The Kier molecular flexibility index (Phi) is 3.41. The molecule has 0 saturated carbocycles. The highest BCUT2D eigenvalue weighted by molar-refractivity contribution is 7.89. The molecule has 7 heteroatoms. The first kappa shape index (κ1) is 12.4. The highest BCUT2D eigenvalue weighted by Gasteiger charge is 2.28. The lowest BCUT2D eigenvalue weighted by molar-refractivity contribution is 0.320. The summed E-state index contributed by atoms with van der Waals surface area (Å²) < 4.78 is 38.5. The van der Waals surface area contributed by atoms with Crippen molar-refractivity contribution in [3.05, 3.63) is 24.3 Å². The molecule has 0 spiro atoms. The van der Waals surface area contributed by atoms with Gasteiger partial charge in [0.2, 0.25) is 10.0 Å². The van der Waals surface area contributed by atoms with Crippen LogP contribution in [0.1, 0.15) is 12.8 Å². The van der Waals surface area contributed by atoms with Gasteiger partial charge >= 0.3 is 0 Å². The third kappa shape index (κ3) is 2.62. The number of sulfonamides is 1. The van der Waals surface area contributed by atoms with Gasteiger partial charge in [-0.05, 0) is 18.9 Å². The van der Waals surface area contributed by atoms with Crippen molar-refractivity contribution in [1.29, 1.82) is 0 Å². The lowest BCUT2D eigenvalue weighted by Crippen LogP contribution is -2.42. The third-order valence-corrected chi connectivity index (χ3v) is 4.68. The zero-order valence-electron chi connectivity index (χ0n) is 9.21. The van der Waals surface area contributed by atoms with E-state index in [2.05, 4.69) is 4.98 Å². The molecule has 0 aromatic carbocycles. The highest BCUT2D eigenvalue weighted by atomic mass is 32.2. The minimum Gasteiger partial charge on any atom is -0.328 e. The number of rotatable bonds is 2. The molecule has 94 valence electrons. The largest absolute Gasteiger partial charge is 0.328 e. The van der Waals surface area contributed by atoms with Crippen LogP contribution in [-0.4, -0.2) is 36.8 Å². The molecule has 0 bridgehead atoms. The van der Waals surface area contributed by atoms with Crippen LogP contribution in [0.4, 0.5) is 4.39 Å². The second kappa shape index (κ2) is 4.67. The molecule has 1 aliphatic rings. The van der Waals surface area contributed by atoms with Crippen molar-refractivity contribution in [2.24, 2.45) is 5.73 Å². The molecule has 1 fully saturated rings. The number of nitrogens with two attached hydrogens (primary N) is 1. The van der Waals surface area contributed by atoms with Crippen molar-refractivity contribution in [2.75, 3.05) is 13.1 Å². The predicted octanol–water partition coefficient (Wildman–Crippen LogP) is 0.333. The number of hydrogen-bond acceptors (Lipinski definition) is 4. The molecule has 1 saturated heterocycles. The van der Waals surface area contributed by atoms with Crippen LogP contribution < -0.4 is 5.73 Å². The van der Waals surface area contributed by atoms with Crippen LogP contribution >= 0.6 is 0 Å². The number of aromatic nitrogens is 1. The van der Waals surface area contributed by atoms with Crippen LogP contribution in [0, 0.1) is 5.82 Å². The third-order valence-electron chi connectivity index (χ3n) is 2.82. The van der Waals surface area contributed by atoms with E-state index in [1.54, 1.807) is 0 Å². The van der Waals surface area contributed by atoms with Crippen LogP contribution in [0.2, 0.25) is 0 Å². The lowest BCUT2D eigenvalue weighted by atomic mass is 10.1. The second-order valence-corrected chi connectivity index (χ2v) is 6.02. The molecule has 1 aromatic rings. The van der Waals surface area contributed by atoms with Gasteiger partial charge in [-0.25, -0.2) is 12.8 Å². The predicted molar refractivity (Wildman–Crippen MR) is 60.2 cm³/mol. The monoisotopic (exact) mass is 259 g/mol. The number of pyridine rings is 1. The summed E-state index contributed by atoms with van der Waals surface area (Å²) in [4.78, 5) is 3.45. The zero-order chi connectivity index (χ0) is 12.5. The van der Waals surface area contributed by atoms with Gasteiger partial charge in [-0.15, -0.1) is 0 Å². The second-order valence-electron chi connectivity index (χ2n) is 4.08. The number of piperidine rings is 1. The fourth-order valence-corrected chi connectivity index (χ4v) is 3.24. The Morgan fingerprint density at radius 2 is 2.00 bits per heavy atom. The molecular weight excluding hydrogens is 245 g/mol. The standard InChI is InChI=1S/C10H14FN3O2S/c11-8-5-10(7-13-6-8)17(15,16)14-3-1-9(12)2-4-14/h5-7,9H,1-4,12H2. The Morgan fingerprint density at radius 3 is 2.59 bits per heavy atom. The Morgan fingerprint density at radius 1 is 1.35 bits per heavy atom. The maximum atomic E-state index is 13.0. The topological polar surface area (TPSA) is 76.3 Å². The molecule has 0 unspecified atom stereocenters. The minimum atomic E-state index is -3.63. The van der Waals surface area contributed by atoms with E-state index in [0.717, 1.165) is 18.5 Å². The molecule has 0 aliphatic carbocycles. The summed E-state index contributed by atoms with van der Waals surface area (Å²) in [5.41, 5.74) is 5.71. The molecule has 0 atom stereocenters. The van der Waals surface area contributed by atoms with Crippen molar-refractivity contribution >= 4 is 10.0 Å². The molecule has 2 rings (SSSR count). The maximum Gasteiger partial charge on any atom is 0.244 e. The van der Waals surface area contributed by atoms with Crippen molar-refractivity contribution in [3.63, 3.8) is 0 Å². The van der Waals surface area contributed by atoms with Gasteiger partial charge in [0.25, 0.3) is 0 Å². The van der Waals surface area contributed by atoms with E-state index in [9.17, 15) is 12.8 Å². The summed E-state index contributed by atoms with van der Waals surface area (Å²) in [5.74, 6) is -0.653. The van der Waals surface area contributed by atoms with Gasteiger partial charge in [0.15, 0.2) is 0 Å². The molecule has 1 aliphatic heterocycles. The molecule has 0 amide bonds.